The van der Waals surface area contributed by atoms with Gasteiger partial charge in [-0.1, -0.05) is 0 Å². The van der Waals surface area contributed by atoms with Gasteiger partial charge in [0.1, 0.15) is 12.1 Å². The lowest BCUT2D eigenvalue weighted by Gasteiger charge is -2.36. The smallest absolute Gasteiger partial charge is 0.132 e. The molecule has 8 nitrogen and oxygen atoms in total. The van der Waals surface area contributed by atoms with Crippen LogP contribution in [0.4, 0.5) is 5.82 Å². The number of nitrogens with one attached hydrogen (secondary N) is 2. The first-order valence-corrected chi connectivity index (χ1v) is 11.5. The maximum atomic E-state index is 5.89. The van der Waals surface area contributed by atoms with E-state index in [1.54, 1.807) is 6.33 Å². The molecule has 3 fully saturated rings. The fourth-order valence-corrected chi connectivity index (χ4v) is 5.44. The van der Waals surface area contributed by atoms with Gasteiger partial charge in [-0.05, 0) is 52.9 Å². The maximum Gasteiger partial charge on any atom is 0.132 e. The highest BCUT2D eigenvalue weighted by Gasteiger charge is 2.42. The second-order valence-electron chi connectivity index (χ2n) is 9.48. The van der Waals surface area contributed by atoms with Crippen molar-refractivity contribution < 1.29 is 4.74 Å². The molecule has 2 saturated heterocycles. The molecule has 5 rings (SSSR count). The number of anilines is 1. The minimum Gasteiger partial charge on any atom is -0.372 e. The van der Waals surface area contributed by atoms with Crippen molar-refractivity contribution in [2.24, 2.45) is 5.92 Å². The van der Waals surface area contributed by atoms with Gasteiger partial charge in [0.25, 0.3) is 0 Å². The van der Waals surface area contributed by atoms with Crippen LogP contribution in [0.25, 0.3) is 0 Å². The summed E-state index contributed by atoms with van der Waals surface area (Å²) in [4.78, 5) is 21.0. The Labute approximate surface area is 184 Å². The number of aromatic nitrogens is 4. The van der Waals surface area contributed by atoms with E-state index in [2.05, 4.69) is 57.5 Å². The maximum absolute atomic E-state index is 5.89. The van der Waals surface area contributed by atoms with Gasteiger partial charge in [0.2, 0.25) is 0 Å². The van der Waals surface area contributed by atoms with E-state index in [4.69, 9.17) is 9.72 Å². The quantitative estimate of drug-likeness (QED) is 0.779. The van der Waals surface area contributed by atoms with E-state index in [9.17, 15) is 0 Å². The Balaban J connectivity index is 1.35. The van der Waals surface area contributed by atoms with Crippen LogP contribution in [-0.4, -0.2) is 51.3 Å². The van der Waals surface area contributed by atoms with Crippen LogP contribution in [-0.2, 0) is 4.74 Å². The summed E-state index contributed by atoms with van der Waals surface area (Å²) in [7, 11) is 0. The summed E-state index contributed by atoms with van der Waals surface area (Å²) in [6.07, 6.45) is 7.44. The van der Waals surface area contributed by atoms with Crippen molar-refractivity contribution in [2.75, 3.05) is 18.0 Å². The van der Waals surface area contributed by atoms with Crippen molar-refractivity contribution in [1.82, 2.24) is 30.8 Å². The molecule has 6 atom stereocenters. The zero-order valence-electron chi connectivity index (χ0n) is 18.9. The fraction of sp³-hybridized carbons (Fsp3) is 0.652. The van der Waals surface area contributed by atoms with Crippen LogP contribution < -0.4 is 15.8 Å². The van der Waals surface area contributed by atoms with Gasteiger partial charge in [0.15, 0.2) is 0 Å². The van der Waals surface area contributed by atoms with Gasteiger partial charge in [-0.2, -0.15) is 0 Å². The van der Waals surface area contributed by atoms with E-state index in [0.717, 1.165) is 60.9 Å². The van der Waals surface area contributed by atoms with Crippen LogP contribution >= 0.6 is 0 Å². The Morgan fingerprint density at radius 2 is 1.77 bits per heavy atom. The molecule has 2 aromatic rings. The number of nitrogens with zero attached hydrogens (tertiary/aromatic N) is 5. The fourth-order valence-electron chi connectivity index (χ4n) is 5.44. The third kappa shape index (κ3) is 4.16. The molecule has 2 N–H and O–H groups in total. The van der Waals surface area contributed by atoms with E-state index in [-0.39, 0.29) is 18.2 Å². The molecule has 2 aromatic heterocycles. The van der Waals surface area contributed by atoms with Crippen LogP contribution in [0, 0.1) is 19.8 Å². The third-order valence-electron chi connectivity index (χ3n) is 7.12. The number of aryl methyl sites for hydroxylation is 2. The molecule has 1 aliphatic carbocycles. The topological polar surface area (TPSA) is 88.1 Å². The molecule has 0 bridgehead atoms. The highest BCUT2D eigenvalue weighted by atomic mass is 16.5. The Bertz CT molecular complexity index is 928. The van der Waals surface area contributed by atoms with Crippen molar-refractivity contribution in [3.63, 3.8) is 0 Å². The van der Waals surface area contributed by atoms with Gasteiger partial charge in [-0.15, -0.1) is 0 Å². The molecule has 0 radical (unpaired) electrons. The van der Waals surface area contributed by atoms with Crippen molar-refractivity contribution in [3.05, 3.63) is 41.4 Å². The Morgan fingerprint density at radius 3 is 2.55 bits per heavy atom. The molecule has 166 valence electrons. The lowest BCUT2D eigenvalue weighted by Crippen LogP contribution is -2.46. The van der Waals surface area contributed by atoms with Gasteiger partial charge in [-0.3, -0.25) is 15.4 Å². The average Bonchev–Trinajstić information content (AvgIpc) is 3.18. The molecule has 1 saturated carbocycles. The summed E-state index contributed by atoms with van der Waals surface area (Å²) in [5.74, 6) is 1.90. The molecule has 0 amide bonds. The van der Waals surface area contributed by atoms with E-state index < -0.39 is 0 Å². The molecule has 4 unspecified atom stereocenters. The lowest BCUT2D eigenvalue weighted by atomic mass is 9.74. The van der Waals surface area contributed by atoms with Crippen LogP contribution in [0.15, 0.2) is 18.6 Å². The monoisotopic (exact) mass is 423 g/mol. The molecule has 0 spiro atoms. The Morgan fingerprint density at radius 1 is 0.968 bits per heavy atom. The average molecular weight is 424 g/mol. The van der Waals surface area contributed by atoms with Crippen LogP contribution in [0.1, 0.15) is 67.8 Å². The van der Waals surface area contributed by atoms with Gasteiger partial charge < -0.3 is 9.64 Å². The first kappa shape index (κ1) is 20.7. The second-order valence-corrected chi connectivity index (χ2v) is 9.48. The summed E-state index contributed by atoms with van der Waals surface area (Å²) >= 11 is 0. The van der Waals surface area contributed by atoms with Crippen molar-refractivity contribution in [2.45, 2.75) is 77.2 Å². The Kier molecular flexibility index (Phi) is 5.62. The molecule has 0 aromatic carbocycles. The summed E-state index contributed by atoms with van der Waals surface area (Å²) in [5.41, 5.74) is 11.3. The molecule has 2 aliphatic heterocycles. The highest BCUT2D eigenvalue weighted by Crippen LogP contribution is 2.43. The lowest BCUT2D eigenvalue weighted by molar-refractivity contribution is -0.00547. The summed E-state index contributed by atoms with van der Waals surface area (Å²) in [5, 5.41) is 0. The zero-order valence-corrected chi connectivity index (χ0v) is 18.9. The summed E-state index contributed by atoms with van der Waals surface area (Å²) in [6.45, 7) is 10.0. The first-order valence-electron chi connectivity index (χ1n) is 11.5. The molecule has 4 heterocycles. The second kappa shape index (κ2) is 8.41. The van der Waals surface area contributed by atoms with Crippen LogP contribution in [0.2, 0.25) is 0 Å². The Hall–Kier alpha value is -2.16. The van der Waals surface area contributed by atoms with E-state index in [0.29, 0.717) is 17.9 Å². The van der Waals surface area contributed by atoms with Crippen LogP contribution in [0.3, 0.4) is 0 Å². The predicted molar refractivity (Wildman–Crippen MR) is 119 cm³/mol. The van der Waals surface area contributed by atoms with Crippen LogP contribution in [0.5, 0.6) is 0 Å². The first-order chi connectivity index (χ1) is 15.0. The number of morpholine rings is 1. The number of hydrazine groups is 1. The van der Waals surface area contributed by atoms with Crippen molar-refractivity contribution >= 4 is 5.82 Å². The van der Waals surface area contributed by atoms with E-state index in [1.165, 1.54) is 0 Å². The SMILES string of the molecule is Cc1ncc(C2CCC3NNC(c4cc(N5C[C@@H](C)O[C@@H](C)C5)ncn4)C3C2)nc1C. The normalized spacial score (nSPS) is 33.4. The highest BCUT2D eigenvalue weighted by molar-refractivity contribution is 5.41. The van der Waals surface area contributed by atoms with E-state index in [1.807, 2.05) is 13.1 Å². The molecule has 3 aliphatic rings. The molecular formula is C23H33N7O. The minimum atomic E-state index is 0.171. The zero-order chi connectivity index (χ0) is 21.5. The number of hydrogen-bond acceptors (Lipinski definition) is 8. The molecular weight excluding hydrogens is 390 g/mol. The number of hydrogen-bond donors (Lipinski definition) is 2. The van der Waals surface area contributed by atoms with Gasteiger partial charge >= 0.3 is 0 Å². The third-order valence-corrected chi connectivity index (χ3v) is 7.12. The number of ether oxygens (including phenoxy) is 1. The largest absolute Gasteiger partial charge is 0.372 e. The molecule has 31 heavy (non-hydrogen) atoms. The van der Waals surface area contributed by atoms with Gasteiger partial charge in [0, 0.05) is 37.3 Å². The van der Waals surface area contributed by atoms with Crippen molar-refractivity contribution in [1.29, 1.82) is 0 Å². The number of rotatable bonds is 3. The van der Waals surface area contributed by atoms with E-state index >= 15 is 0 Å². The molecule has 8 heteroatoms. The van der Waals surface area contributed by atoms with Gasteiger partial charge in [0.05, 0.1) is 41.0 Å². The number of fused-ring (bicyclic) bond motifs is 1. The van der Waals surface area contributed by atoms with Crippen molar-refractivity contribution in [3.8, 4) is 0 Å². The summed E-state index contributed by atoms with van der Waals surface area (Å²) in [6, 6.07) is 2.79. The summed E-state index contributed by atoms with van der Waals surface area (Å²) < 4.78 is 5.89. The minimum absolute atomic E-state index is 0.171. The van der Waals surface area contributed by atoms with Gasteiger partial charge in [-0.25, -0.2) is 15.4 Å². The predicted octanol–water partition coefficient (Wildman–Crippen LogP) is 2.60. The standard InChI is InChI=1S/C23H33N7O/c1-13-10-30(11-14(2)31-13)22-8-20(25-12-26-22)23-18-7-17(5-6-19(18)28-29-23)21-9-24-15(3)16(4)27-21/h8-9,12-14,17-19,23,28-29H,5-7,10-11H2,1-4H3/t13-,14+,17?,18?,19?,23?.